The van der Waals surface area contributed by atoms with Crippen LogP contribution in [0.4, 0.5) is 10.2 Å². The van der Waals surface area contributed by atoms with Gasteiger partial charge in [-0.2, -0.15) is 0 Å². The van der Waals surface area contributed by atoms with E-state index in [0.717, 1.165) is 24.0 Å². The van der Waals surface area contributed by atoms with E-state index in [1.807, 2.05) is 0 Å². The molecule has 1 spiro atoms. The first-order valence-corrected chi connectivity index (χ1v) is 11.5. The van der Waals surface area contributed by atoms with Crippen molar-refractivity contribution in [2.45, 2.75) is 31.3 Å². The van der Waals surface area contributed by atoms with Gasteiger partial charge >= 0.3 is 0 Å². The molecule has 12 heteroatoms. The van der Waals surface area contributed by atoms with Gasteiger partial charge in [-0.05, 0) is 52.8 Å². The monoisotopic (exact) mass is 435 g/mol. The number of rotatable bonds is 5. The normalized spacial score (nSPS) is 24.9. The van der Waals surface area contributed by atoms with E-state index in [0.29, 0.717) is 25.3 Å². The second-order valence-electron chi connectivity index (χ2n) is 8.46. The van der Waals surface area contributed by atoms with Crippen LogP contribution in [0.15, 0.2) is 27.8 Å². The Morgan fingerprint density at radius 2 is 2.20 bits per heavy atom. The van der Waals surface area contributed by atoms with Crippen LogP contribution in [0, 0.1) is 16.0 Å². The number of aromatic nitrogens is 2. The van der Waals surface area contributed by atoms with E-state index in [-0.39, 0.29) is 34.8 Å². The number of amidine groups is 1. The van der Waals surface area contributed by atoms with E-state index >= 15 is 0 Å². The van der Waals surface area contributed by atoms with Gasteiger partial charge in [0.15, 0.2) is 11.5 Å². The summed E-state index contributed by atoms with van der Waals surface area (Å²) in [6.07, 6.45) is 3.81. The molecule has 0 amide bonds. The molecule has 1 aliphatic heterocycles. The van der Waals surface area contributed by atoms with Gasteiger partial charge in [0.2, 0.25) is 5.82 Å². The van der Waals surface area contributed by atoms with Gasteiger partial charge in [-0.25, -0.2) is 22.3 Å². The molecule has 10 nitrogen and oxygen atoms in total. The molecular formula is C18H22FN7O3S. The van der Waals surface area contributed by atoms with Gasteiger partial charge in [-0.15, -0.1) is 0 Å². The van der Waals surface area contributed by atoms with E-state index in [4.69, 9.17) is 9.41 Å². The Morgan fingerprint density at radius 3 is 2.90 bits per heavy atom. The molecule has 1 aromatic carbocycles. The number of nitrogens with one attached hydrogen (secondary N) is 3. The topological polar surface area (TPSA) is 140 Å². The predicted octanol–water partition coefficient (Wildman–Crippen LogP) is 1.70. The molecule has 2 aliphatic carbocycles. The fraction of sp³-hybridized carbons (Fsp3) is 0.500. The van der Waals surface area contributed by atoms with Crippen molar-refractivity contribution in [1.82, 2.24) is 20.1 Å². The van der Waals surface area contributed by atoms with Crippen LogP contribution in [-0.2, 0) is 16.3 Å². The highest BCUT2D eigenvalue weighted by atomic mass is 32.2. The Balaban J connectivity index is 1.25. The lowest BCUT2D eigenvalue weighted by Crippen LogP contribution is -2.65. The highest BCUT2D eigenvalue weighted by Gasteiger charge is 2.54. The van der Waals surface area contributed by atoms with Crippen LogP contribution in [0.3, 0.4) is 0 Å². The molecule has 2 aromatic rings. The van der Waals surface area contributed by atoms with Crippen molar-refractivity contribution >= 4 is 21.6 Å². The maximum Gasteiger partial charge on any atom is 0.202 e. The van der Waals surface area contributed by atoms with Crippen molar-refractivity contribution in [3.05, 3.63) is 40.8 Å². The molecule has 160 valence electrons. The summed E-state index contributed by atoms with van der Waals surface area (Å²) >= 11 is 0. The number of halogens is 1. The van der Waals surface area contributed by atoms with Crippen molar-refractivity contribution < 1.29 is 18.4 Å². The molecule has 5 rings (SSSR count). The zero-order chi connectivity index (χ0) is 21.1. The minimum atomic E-state index is -2.63. The van der Waals surface area contributed by atoms with Crippen LogP contribution >= 0.6 is 0 Å². The lowest BCUT2D eigenvalue weighted by molar-refractivity contribution is -0.0154. The lowest BCUT2D eigenvalue weighted by atomic mass is 9.61. The summed E-state index contributed by atoms with van der Waals surface area (Å²) in [5.41, 5.74) is 4.21. The van der Waals surface area contributed by atoms with Crippen LogP contribution in [0.1, 0.15) is 35.7 Å². The average molecular weight is 435 g/mol. The maximum absolute atomic E-state index is 13.5. The number of benzene rings is 1. The molecule has 0 bridgehead atoms. The standard InChI is InChI=1S/C18H22FN7O3S/c1-30(20,28)26-8-18(9-26)6-12(7-18)21-17-15(24-29-25-17)16(23-27)22-14-4-10-2-3-11(19)5-13(10)14/h2-3,5,12,14,20,27H,4,6-9H2,1H3,(H,21,25)(H,22,23)/t14-,30?/m0/s1. The molecule has 1 saturated carbocycles. The first-order valence-electron chi connectivity index (χ1n) is 9.61. The Labute approximate surface area is 172 Å². The van der Waals surface area contributed by atoms with Gasteiger partial charge in [0, 0.05) is 30.8 Å². The summed E-state index contributed by atoms with van der Waals surface area (Å²) < 4.78 is 39.5. The second-order valence-corrected chi connectivity index (χ2v) is 10.6. The molecule has 2 heterocycles. The smallest absolute Gasteiger partial charge is 0.202 e. The van der Waals surface area contributed by atoms with E-state index in [9.17, 15) is 13.8 Å². The summed E-state index contributed by atoms with van der Waals surface area (Å²) in [7, 11) is -2.63. The highest BCUT2D eigenvalue weighted by Crippen LogP contribution is 2.50. The zero-order valence-corrected chi connectivity index (χ0v) is 17.1. The zero-order valence-electron chi connectivity index (χ0n) is 16.3. The minimum Gasteiger partial charge on any atom is -0.362 e. The summed E-state index contributed by atoms with van der Waals surface area (Å²) in [5.74, 6) is 0.141. The number of hydrogen-bond acceptors (Lipinski definition) is 8. The van der Waals surface area contributed by atoms with Gasteiger partial charge in [-0.1, -0.05) is 6.07 Å². The van der Waals surface area contributed by atoms with Crippen molar-refractivity contribution in [3.63, 3.8) is 0 Å². The fourth-order valence-corrected chi connectivity index (χ4v) is 5.63. The first-order chi connectivity index (χ1) is 14.3. The summed E-state index contributed by atoms with van der Waals surface area (Å²) in [6.45, 7) is 1.33. The predicted molar refractivity (Wildman–Crippen MR) is 106 cm³/mol. The van der Waals surface area contributed by atoms with Gasteiger partial charge in [0.05, 0.1) is 6.04 Å². The van der Waals surface area contributed by atoms with Crippen LogP contribution in [-0.4, -0.2) is 55.3 Å². The summed E-state index contributed by atoms with van der Waals surface area (Å²) in [6, 6.07) is 4.46. The van der Waals surface area contributed by atoms with E-state index in [1.54, 1.807) is 10.4 Å². The molecule has 0 radical (unpaired) electrons. The largest absolute Gasteiger partial charge is 0.362 e. The average Bonchev–Trinajstić information content (AvgIpc) is 3.05. The van der Waals surface area contributed by atoms with Crippen molar-refractivity contribution in [2.24, 2.45) is 10.4 Å². The quantitative estimate of drug-likeness (QED) is 0.318. The number of fused-ring (bicyclic) bond motifs is 1. The summed E-state index contributed by atoms with van der Waals surface area (Å²) in [5, 5.41) is 20.6. The van der Waals surface area contributed by atoms with Crippen LogP contribution in [0.5, 0.6) is 0 Å². The number of anilines is 1. The molecule has 3 aliphatic rings. The van der Waals surface area contributed by atoms with E-state index in [1.165, 1.54) is 18.4 Å². The van der Waals surface area contributed by atoms with Gasteiger partial charge < -0.3 is 5.32 Å². The number of aliphatic imine (C=N–C) groups is 1. The Bertz CT molecular complexity index is 1120. The molecule has 2 atom stereocenters. The molecule has 30 heavy (non-hydrogen) atoms. The number of hydrogen-bond donors (Lipinski definition) is 4. The van der Waals surface area contributed by atoms with Crippen molar-refractivity contribution in [1.29, 1.82) is 4.78 Å². The summed E-state index contributed by atoms with van der Waals surface area (Å²) in [4.78, 5) is 4.46. The Hall–Kier alpha value is -2.57. The SMILES string of the molecule is CS(=N)(=O)N1CC2(CC(Nc3nonc3C(=N[C@H]3Cc4ccc(F)cc43)NO)C2)C1. The van der Waals surface area contributed by atoms with Gasteiger partial charge in [-0.3, -0.25) is 15.7 Å². The molecule has 1 aromatic heterocycles. The molecule has 4 N–H and O–H groups in total. The molecule has 2 fully saturated rings. The number of nitrogens with zero attached hydrogens (tertiary/aromatic N) is 4. The highest BCUT2D eigenvalue weighted by molar-refractivity contribution is 7.89. The molecular weight excluding hydrogens is 413 g/mol. The molecule has 1 unspecified atom stereocenters. The minimum absolute atomic E-state index is 0.0978. The number of hydroxylamine groups is 1. The van der Waals surface area contributed by atoms with Crippen LogP contribution in [0.2, 0.25) is 0 Å². The van der Waals surface area contributed by atoms with E-state index < -0.39 is 9.92 Å². The second kappa shape index (κ2) is 6.72. The van der Waals surface area contributed by atoms with Gasteiger partial charge in [0.1, 0.15) is 15.7 Å². The van der Waals surface area contributed by atoms with Crippen LogP contribution in [0.25, 0.3) is 0 Å². The Morgan fingerprint density at radius 1 is 1.43 bits per heavy atom. The molecule has 1 saturated heterocycles. The lowest BCUT2D eigenvalue weighted by Gasteiger charge is -2.58. The Kier molecular flexibility index (Phi) is 4.35. The third kappa shape index (κ3) is 3.24. The van der Waals surface area contributed by atoms with Crippen molar-refractivity contribution in [3.8, 4) is 0 Å². The maximum atomic E-state index is 13.5. The fourth-order valence-electron chi connectivity index (χ4n) is 4.59. The van der Waals surface area contributed by atoms with Gasteiger partial charge in [0.25, 0.3) is 0 Å². The third-order valence-corrected chi connectivity index (χ3v) is 7.44. The third-order valence-electron chi connectivity index (χ3n) is 6.20. The van der Waals surface area contributed by atoms with Crippen molar-refractivity contribution in [2.75, 3.05) is 24.7 Å². The van der Waals surface area contributed by atoms with Crippen LogP contribution < -0.4 is 10.8 Å². The van der Waals surface area contributed by atoms with E-state index in [2.05, 4.69) is 26.1 Å². The first kappa shape index (κ1) is 19.4.